The van der Waals surface area contributed by atoms with Gasteiger partial charge in [-0.15, -0.1) is 11.8 Å². The Morgan fingerprint density at radius 2 is 1.85 bits per heavy atom. The zero-order chi connectivity index (χ0) is 14.2. The van der Waals surface area contributed by atoms with E-state index >= 15 is 0 Å². The quantitative estimate of drug-likeness (QED) is 0.654. The fourth-order valence-corrected chi connectivity index (χ4v) is 2.54. The third-order valence-electron chi connectivity index (χ3n) is 2.84. The van der Waals surface area contributed by atoms with Crippen LogP contribution in [0.2, 0.25) is 0 Å². The number of nitrogens with one attached hydrogen (secondary N) is 1. The molecule has 1 aromatic heterocycles. The van der Waals surface area contributed by atoms with Gasteiger partial charge in [-0.3, -0.25) is 9.78 Å². The van der Waals surface area contributed by atoms with Crippen LogP contribution in [0.5, 0.6) is 0 Å². The number of amides is 1. The Morgan fingerprint density at radius 1 is 1.15 bits per heavy atom. The van der Waals surface area contributed by atoms with Crippen molar-refractivity contribution < 1.29 is 4.79 Å². The first kappa shape index (κ1) is 14.6. The summed E-state index contributed by atoms with van der Waals surface area (Å²) in [6.07, 6.45) is 4.54. The molecule has 1 aromatic carbocycles. The largest absolute Gasteiger partial charge is 0.352 e. The summed E-state index contributed by atoms with van der Waals surface area (Å²) in [5.74, 6) is 0.983. The van der Waals surface area contributed by atoms with Crippen LogP contribution in [0, 0.1) is 6.92 Å². The first-order valence-corrected chi connectivity index (χ1v) is 7.62. The second-order valence-corrected chi connectivity index (χ2v) is 5.68. The number of aromatic nitrogens is 1. The molecule has 2 rings (SSSR count). The van der Waals surface area contributed by atoms with Gasteiger partial charge < -0.3 is 5.32 Å². The van der Waals surface area contributed by atoms with E-state index in [-0.39, 0.29) is 5.91 Å². The third kappa shape index (κ3) is 4.70. The molecular formula is C16H18N2OS. The molecule has 0 aliphatic rings. The number of benzene rings is 1. The van der Waals surface area contributed by atoms with Crippen LogP contribution < -0.4 is 5.32 Å². The second-order valence-electron chi connectivity index (χ2n) is 4.51. The van der Waals surface area contributed by atoms with Crippen LogP contribution in [0.25, 0.3) is 0 Å². The number of hydrogen-bond donors (Lipinski definition) is 1. The molecule has 104 valence electrons. The minimum absolute atomic E-state index is 0.00101. The van der Waals surface area contributed by atoms with Gasteiger partial charge in [0.2, 0.25) is 0 Å². The summed E-state index contributed by atoms with van der Waals surface area (Å²) in [5, 5.41) is 2.94. The Morgan fingerprint density at radius 3 is 2.55 bits per heavy atom. The van der Waals surface area contributed by atoms with E-state index in [0.29, 0.717) is 6.54 Å². The van der Waals surface area contributed by atoms with E-state index in [2.05, 4.69) is 10.3 Å². The van der Waals surface area contributed by atoms with E-state index in [4.69, 9.17) is 0 Å². The van der Waals surface area contributed by atoms with Crippen LogP contribution >= 0.6 is 11.8 Å². The third-order valence-corrected chi connectivity index (χ3v) is 3.94. The average molecular weight is 286 g/mol. The first-order valence-electron chi connectivity index (χ1n) is 6.63. The van der Waals surface area contributed by atoms with Gasteiger partial charge in [0, 0.05) is 29.4 Å². The molecule has 2 aromatic rings. The molecule has 1 N–H and O–H groups in total. The van der Waals surface area contributed by atoms with Gasteiger partial charge in [-0.25, -0.2) is 0 Å². The van der Waals surface area contributed by atoms with Crippen LogP contribution in [0.3, 0.4) is 0 Å². The zero-order valence-corrected chi connectivity index (χ0v) is 12.3. The van der Waals surface area contributed by atoms with Gasteiger partial charge in [0.05, 0.1) is 0 Å². The van der Waals surface area contributed by atoms with Crippen LogP contribution in [0.1, 0.15) is 22.3 Å². The van der Waals surface area contributed by atoms with E-state index in [1.807, 2.05) is 43.3 Å². The molecule has 0 unspecified atom stereocenters. The van der Waals surface area contributed by atoms with Crippen molar-refractivity contribution in [3.8, 4) is 0 Å². The van der Waals surface area contributed by atoms with Crippen molar-refractivity contribution in [1.29, 1.82) is 0 Å². The van der Waals surface area contributed by atoms with Gasteiger partial charge in [0.15, 0.2) is 0 Å². The minimum atomic E-state index is -0.00101. The topological polar surface area (TPSA) is 42.0 Å². The minimum Gasteiger partial charge on any atom is -0.352 e. The Bertz CT molecular complexity index is 540. The van der Waals surface area contributed by atoms with Gasteiger partial charge in [-0.2, -0.15) is 0 Å². The molecule has 0 saturated carbocycles. The molecule has 0 atom stereocenters. The highest BCUT2D eigenvalue weighted by molar-refractivity contribution is 7.99. The number of thioether (sulfide) groups is 1. The van der Waals surface area contributed by atoms with Crippen molar-refractivity contribution >= 4 is 17.7 Å². The molecule has 0 fully saturated rings. The van der Waals surface area contributed by atoms with E-state index in [9.17, 15) is 4.79 Å². The van der Waals surface area contributed by atoms with Crippen molar-refractivity contribution in [2.45, 2.75) is 18.2 Å². The highest BCUT2D eigenvalue weighted by Crippen LogP contribution is 2.16. The zero-order valence-electron chi connectivity index (χ0n) is 11.5. The van der Waals surface area contributed by atoms with Crippen LogP contribution in [-0.2, 0) is 0 Å². The van der Waals surface area contributed by atoms with Crippen LogP contribution in [0.15, 0.2) is 53.7 Å². The van der Waals surface area contributed by atoms with Crippen molar-refractivity contribution in [3.05, 3.63) is 59.9 Å². The standard InChI is InChI=1S/C16H18N2OS/c1-13-3-5-14(6-4-13)16(19)18-9-2-12-20-15-7-10-17-11-8-15/h3-8,10-11H,2,9,12H2,1H3,(H,18,19). The molecule has 1 heterocycles. The molecule has 0 aliphatic carbocycles. The number of carbonyl (C=O) groups is 1. The van der Waals surface area contributed by atoms with E-state index in [0.717, 1.165) is 23.3 Å². The molecule has 1 amide bonds. The molecule has 0 radical (unpaired) electrons. The highest BCUT2D eigenvalue weighted by Gasteiger charge is 2.03. The van der Waals surface area contributed by atoms with Gasteiger partial charge in [-0.1, -0.05) is 17.7 Å². The molecule has 0 bridgehead atoms. The van der Waals surface area contributed by atoms with Gasteiger partial charge in [-0.05, 0) is 43.4 Å². The maximum atomic E-state index is 11.9. The molecule has 20 heavy (non-hydrogen) atoms. The number of hydrogen-bond acceptors (Lipinski definition) is 3. The summed E-state index contributed by atoms with van der Waals surface area (Å²) >= 11 is 1.78. The van der Waals surface area contributed by atoms with Gasteiger partial charge >= 0.3 is 0 Å². The fourth-order valence-electron chi connectivity index (χ4n) is 1.71. The maximum Gasteiger partial charge on any atom is 0.251 e. The summed E-state index contributed by atoms with van der Waals surface area (Å²) < 4.78 is 0. The number of pyridine rings is 1. The summed E-state index contributed by atoms with van der Waals surface area (Å²) in [6, 6.07) is 11.6. The average Bonchev–Trinajstić information content (AvgIpc) is 2.48. The van der Waals surface area contributed by atoms with Gasteiger partial charge in [0.1, 0.15) is 0 Å². The molecule has 3 nitrogen and oxygen atoms in total. The maximum absolute atomic E-state index is 11.9. The van der Waals surface area contributed by atoms with E-state index in [1.54, 1.807) is 24.2 Å². The lowest BCUT2D eigenvalue weighted by Gasteiger charge is -2.05. The Kier molecular flexibility index (Phi) is 5.62. The Hall–Kier alpha value is -1.81. The van der Waals surface area contributed by atoms with Crippen molar-refractivity contribution in [2.24, 2.45) is 0 Å². The lowest BCUT2D eigenvalue weighted by molar-refractivity contribution is 0.0954. The van der Waals surface area contributed by atoms with Crippen LogP contribution in [0.4, 0.5) is 0 Å². The molecule has 0 saturated heterocycles. The Labute approximate surface area is 123 Å². The highest BCUT2D eigenvalue weighted by atomic mass is 32.2. The first-order chi connectivity index (χ1) is 9.75. The van der Waals surface area contributed by atoms with Crippen molar-refractivity contribution in [2.75, 3.05) is 12.3 Å². The van der Waals surface area contributed by atoms with E-state index in [1.165, 1.54) is 4.90 Å². The Balaban J connectivity index is 1.66. The fraction of sp³-hybridized carbons (Fsp3) is 0.250. The predicted molar refractivity (Wildman–Crippen MR) is 83.1 cm³/mol. The number of carbonyl (C=O) groups excluding carboxylic acids is 1. The summed E-state index contributed by atoms with van der Waals surface area (Å²) in [7, 11) is 0. The summed E-state index contributed by atoms with van der Waals surface area (Å²) in [5.41, 5.74) is 1.88. The molecular weight excluding hydrogens is 268 g/mol. The number of aryl methyl sites for hydroxylation is 1. The lowest BCUT2D eigenvalue weighted by atomic mass is 10.1. The van der Waals surface area contributed by atoms with E-state index < -0.39 is 0 Å². The predicted octanol–water partition coefficient (Wildman–Crippen LogP) is 3.30. The monoisotopic (exact) mass is 286 g/mol. The van der Waals surface area contributed by atoms with Crippen molar-refractivity contribution in [3.63, 3.8) is 0 Å². The number of rotatable bonds is 6. The normalized spacial score (nSPS) is 10.2. The van der Waals surface area contributed by atoms with Gasteiger partial charge in [0.25, 0.3) is 5.91 Å². The molecule has 4 heteroatoms. The van der Waals surface area contributed by atoms with Crippen LogP contribution in [-0.4, -0.2) is 23.2 Å². The smallest absolute Gasteiger partial charge is 0.251 e. The molecule has 0 aliphatic heterocycles. The van der Waals surface area contributed by atoms with Crippen molar-refractivity contribution in [1.82, 2.24) is 10.3 Å². The molecule has 0 spiro atoms. The summed E-state index contributed by atoms with van der Waals surface area (Å²) in [4.78, 5) is 17.1. The number of nitrogens with zero attached hydrogens (tertiary/aromatic N) is 1. The summed E-state index contributed by atoms with van der Waals surface area (Å²) in [6.45, 7) is 2.71. The second kappa shape index (κ2) is 7.70. The lowest BCUT2D eigenvalue weighted by Crippen LogP contribution is -2.24. The SMILES string of the molecule is Cc1ccc(C(=O)NCCCSc2ccncc2)cc1.